The van der Waals surface area contributed by atoms with Gasteiger partial charge in [0, 0.05) is 5.56 Å². The van der Waals surface area contributed by atoms with Crippen LogP contribution in [0.3, 0.4) is 0 Å². The number of hydrogen-bond donors (Lipinski definition) is 1. The van der Waals surface area contributed by atoms with Crippen LogP contribution in [0.5, 0.6) is 17.2 Å². The number of ether oxygens (including phenoxy) is 3. The molecule has 1 heterocycles. The minimum atomic E-state index is 0.0914. The fourth-order valence-electron chi connectivity index (χ4n) is 1.85. The van der Waals surface area contributed by atoms with Gasteiger partial charge in [0.15, 0.2) is 17.3 Å². The average Bonchev–Trinajstić information content (AvgIpc) is 2.60. The third kappa shape index (κ3) is 4.11. The number of nitrogens with zero attached hydrogens (tertiary/aromatic N) is 4. The number of benzene rings is 1. The van der Waals surface area contributed by atoms with Gasteiger partial charge in [-0.3, -0.25) is 4.98 Å². The molecular formula is C15H16ClN5O3. The highest BCUT2D eigenvalue weighted by molar-refractivity contribution is 6.29. The second-order valence-corrected chi connectivity index (χ2v) is 4.80. The second kappa shape index (κ2) is 8.11. The van der Waals surface area contributed by atoms with Gasteiger partial charge >= 0.3 is 0 Å². The number of halogens is 1. The minimum absolute atomic E-state index is 0.0914. The van der Waals surface area contributed by atoms with E-state index >= 15 is 0 Å². The van der Waals surface area contributed by atoms with E-state index in [-0.39, 0.29) is 11.0 Å². The molecule has 9 heteroatoms. The van der Waals surface area contributed by atoms with Crippen LogP contribution in [0, 0.1) is 0 Å². The maximum atomic E-state index is 5.79. The van der Waals surface area contributed by atoms with Gasteiger partial charge in [0.1, 0.15) is 10.8 Å². The standard InChI is InChI=1S/C15H16ClN5O3/c1-22-11-4-9(5-12(23-2)14(11)24-3)6-19-21-15(17)10-7-18-8-13(16)20-10/h4-8H,1-3H3,(H2,17,21)/b19-6+. The molecule has 0 aliphatic rings. The summed E-state index contributed by atoms with van der Waals surface area (Å²) in [6.45, 7) is 0. The molecule has 2 N–H and O–H groups in total. The van der Waals surface area contributed by atoms with Crippen LogP contribution in [0.4, 0.5) is 0 Å². The fourth-order valence-corrected chi connectivity index (χ4v) is 2.00. The monoisotopic (exact) mass is 349 g/mol. The molecule has 1 aromatic heterocycles. The third-order valence-electron chi connectivity index (χ3n) is 2.93. The summed E-state index contributed by atoms with van der Waals surface area (Å²) in [6, 6.07) is 3.46. The predicted molar refractivity (Wildman–Crippen MR) is 91.5 cm³/mol. The predicted octanol–water partition coefficient (Wildman–Crippen LogP) is 1.90. The molecule has 0 amide bonds. The zero-order chi connectivity index (χ0) is 17.5. The molecule has 0 radical (unpaired) electrons. The highest BCUT2D eigenvalue weighted by atomic mass is 35.5. The Morgan fingerprint density at radius 3 is 2.33 bits per heavy atom. The summed E-state index contributed by atoms with van der Waals surface area (Å²) in [5.74, 6) is 1.61. The second-order valence-electron chi connectivity index (χ2n) is 4.42. The van der Waals surface area contributed by atoms with Crippen molar-refractivity contribution in [3.8, 4) is 17.2 Å². The lowest BCUT2D eigenvalue weighted by atomic mass is 10.2. The Hall–Kier alpha value is -2.87. The van der Waals surface area contributed by atoms with E-state index in [9.17, 15) is 0 Å². The van der Waals surface area contributed by atoms with E-state index in [4.69, 9.17) is 31.5 Å². The Balaban J connectivity index is 2.27. The molecule has 2 rings (SSSR count). The van der Waals surface area contributed by atoms with Crippen LogP contribution in [0.1, 0.15) is 11.3 Å². The number of amidine groups is 1. The number of rotatable bonds is 6. The number of aromatic nitrogens is 2. The molecule has 0 spiro atoms. The van der Waals surface area contributed by atoms with Crippen LogP contribution in [0.15, 0.2) is 34.7 Å². The Morgan fingerprint density at radius 1 is 1.12 bits per heavy atom. The zero-order valence-electron chi connectivity index (χ0n) is 13.4. The van der Waals surface area contributed by atoms with Crippen molar-refractivity contribution < 1.29 is 14.2 Å². The summed E-state index contributed by atoms with van der Waals surface area (Å²) in [7, 11) is 4.60. The Kier molecular flexibility index (Phi) is 5.91. The van der Waals surface area contributed by atoms with E-state index in [1.807, 2.05) is 0 Å². The number of methoxy groups -OCH3 is 3. The Labute approximate surface area is 143 Å². The molecule has 1 aromatic carbocycles. The highest BCUT2D eigenvalue weighted by Gasteiger charge is 2.12. The van der Waals surface area contributed by atoms with Crippen LogP contribution in [-0.4, -0.2) is 43.3 Å². The van der Waals surface area contributed by atoms with Gasteiger partial charge in [-0.15, -0.1) is 5.10 Å². The van der Waals surface area contributed by atoms with Gasteiger partial charge in [-0.05, 0) is 12.1 Å². The summed E-state index contributed by atoms with van der Waals surface area (Å²) >= 11 is 5.75. The maximum absolute atomic E-state index is 5.79. The zero-order valence-corrected chi connectivity index (χ0v) is 14.1. The molecule has 0 fully saturated rings. The van der Waals surface area contributed by atoms with Gasteiger partial charge in [0.05, 0.1) is 39.9 Å². The molecule has 0 aliphatic heterocycles. The van der Waals surface area contributed by atoms with Crippen LogP contribution in [0.2, 0.25) is 5.15 Å². The topological polar surface area (TPSA) is 104 Å². The van der Waals surface area contributed by atoms with E-state index in [2.05, 4.69) is 20.2 Å². The highest BCUT2D eigenvalue weighted by Crippen LogP contribution is 2.37. The quantitative estimate of drug-likeness (QED) is 0.485. The van der Waals surface area contributed by atoms with E-state index in [0.29, 0.717) is 28.5 Å². The van der Waals surface area contributed by atoms with Crippen molar-refractivity contribution in [2.24, 2.45) is 15.9 Å². The molecule has 0 saturated heterocycles. The molecule has 0 bridgehead atoms. The van der Waals surface area contributed by atoms with E-state index in [1.54, 1.807) is 12.1 Å². The molecule has 2 aromatic rings. The SMILES string of the molecule is COc1cc(/C=N/N=C(\N)c2cncc(Cl)n2)cc(OC)c1OC. The first-order valence-electron chi connectivity index (χ1n) is 6.73. The van der Waals surface area contributed by atoms with Crippen molar-refractivity contribution in [2.75, 3.05) is 21.3 Å². The van der Waals surface area contributed by atoms with Crippen LogP contribution in [0.25, 0.3) is 0 Å². The lowest BCUT2D eigenvalue weighted by molar-refractivity contribution is 0.324. The molecule has 0 unspecified atom stereocenters. The molecule has 8 nitrogen and oxygen atoms in total. The lowest BCUT2D eigenvalue weighted by Gasteiger charge is -2.12. The minimum Gasteiger partial charge on any atom is -0.493 e. The first-order chi connectivity index (χ1) is 11.6. The van der Waals surface area contributed by atoms with E-state index in [0.717, 1.165) is 0 Å². The maximum Gasteiger partial charge on any atom is 0.203 e. The smallest absolute Gasteiger partial charge is 0.203 e. The Bertz CT molecular complexity index is 754. The Morgan fingerprint density at radius 2 is 1.79 bits per heavy atom. The van der Waals surface area contributed by atoms with Crippen molar-refractivity contribution >= 4 is 23.7 Å². The molecular weight excluding hydrogens is 334 g/mol. The summed E-state index contributed by atoms with van der Waals surface area (Å²) in [5.41, 5.74) is 6.82. The summed E-state index contributed by atoms with van der Waals surface area (Å²) in [4.78, 5) is 7.87. The summed E-state index contributed by atoms with van der Waals surface area (Å²) in [6.07, 6.45) is 4.34. The lowest BCUT2D eigenvalue weighted by Crippen LogP contribution is -2.15. The molecule has 0 aliphatic carbocycles. The van der Waals surface area contributed by atoms with Gasteiger partial charge in [0.2, 0.25) is 5.75 Å². The molecule has 0 saturated carbocycles. The first kappa shape index (κ1) is 17.5. The van der Waals surface area contributed by atoms with Crippen molar-refractivity contribution in [1.29, 1.82) is 0 Å². The van der Waals surface area contributed by atoms with Crippen molar-refractivity contribution in [3.63, 3.8) is 0 Å². The van der Waals surface area contributed by atoms with E-state index < -0.39 is 0 Å². The molecule has 126 valence electrons. The first-order valence-corrected chi connectivity index (χ1v) is 7.11. The summed E-state index contributed by atoms with van der Waals surface area (Å²) in [5, 5.41) is 8.02. The van der Waals surface area contributed by atoms with Crippen molar-refractivity contribution in [3.05, 3.63) is 40.9 Å². The van der Waals surface area contributed by atoms with Gasteiger partial charge in [-0.25, -0.2) is 4.98 Å². The number of nitrogens with two attached hydrogens (primary N) is 1. The largest absolute Gasteiger partial charge is 0.493 e. The third-order valence-corrected chi connectivity index (χ3v) is 3.11. The van der Waals surface area contributed by atoms with Crippen LogP contribution in [-0.2, 0) is 0 Å². The van der Waals surface area contributed by atoms with Crippen molar-refractivity contribution in [2.45, 2.75) is 0 Å². The average molecular weight is 350 g/mol. The summed E-state index contributed by atoms with van der Waals surface area (Å²) < 4.78 is 15.8. The van der Waals surface area contributed by atoms with Gasteiger partial charge < -0.3 is 19.9 Å². The number of hydrogen-bond acceptors (Lipinski definition) is 7. The van der Waals surface area contributed by atoms with Crippen LogP contribution < -0.4 is 19.9 Å². The van der Waals surface area contributed by atoms with Crippen LogP contribution >= 0.6 is 11.6 Å². The fraction of sp³-hybridized carbons (Fsp3) is 0.200. The molecule has 24 heavy (non-hydrogen) atoms. The molecule has 0 atom stereocenters. The van der Waals surface area contributed by atoms with Gasteiger partial charge in [-0.2, -0.15) is 5.10 Å². The van der Waals surface area contributed by atoms with E-state index in [1.165, 1.54) is 39.9 Å². The van der Waals surface area contributed by atoms with Gasteiger partial charge in [-0.1, -0.05) is 11.6 Å². The normalized spacial score (nSPS) is 11.6. The van der Waals surface area contributed by atoms with Crippen molar-refractivity contribution in [1.82, 2.24) is 9.97 Å². The van der Waals surface area contributed by atoms with Gasteiger partial charge in [0.25, 0.3) is 0 Å².